The SMILES string of the molecule is CCCCCOc1ccc(C2C(=C(O)c3ccc(OCC(C)C)cc3C)C(=O)C(=O)N2CCN(C)C)cc1OC. The predicted octanol–water partition coefficient (Wildman–Crippen LogP) is 5.59. The minimum Gasteiger partial charge on any atom is -0.507 e. The summed E-state index contributed by atoms with van der Waals surface area (Å²) in [6.07, 6.45) is 3.11. The second kappa shape index (κ2) is 14.2. The van der Waals surface area contributed by atoms with Crippen LogP contribution in [0.3, 0.4) is 0 Å². The highest BCUT2D eigenvalue weighted by atomic mass is 16.5. The van der Waals surface area contributed by atoms with E-state index in [0.717, 1.165) is 24.8 Å². The number of methoxy groups -OCH3 is 1. The van der Waals surface area contributed by atoms with E-state index in [1.54, 1.807) is 31.4 Å². The maximum absolute atomic E-state index is 13.4. The molecule has 8 heteroatoms. The monoisotopic (exact) mass is 552 g/mol. The van der Waals surface area contributed by atoms with Crippen LogP contribution in [0.5, 0.6) is 17.2 Å². The number of aliphatic hydroxyl groups is 1. The van der Waals surface area contributed by atoms with Gasteiger partial charge in [-0.15, -0.1) is 0 Å². The van der Waals surface area contributed by atoms with Gasteiger partial charge in [-0.1, -0.05) is 39.7 Å². The molecule has 1 unspecified atom stereocenters. The minimum atomic E-state index is -0.778. The van der Waals surface area contributed by atoms with Crippen LogP contribution < -0.4 is 14.2 Å². The van der Waals surface area contributed by atoms with Crippen molar-refractivity contribution in [2.24, 2.45) is 5.92 Å². The van der Waals surface area contributed by atoms with Crippen molar-refractivity contribution >= 4 is 17.4 Å². The van der Waals surface area contributed by atoms with Gasteiger partial charge in [-0.2, -0.15) is 0 Å². The third-order valence-electron chi connectivity index (χ3n) is 6.87. The van der Waals surface area contributed by atoms with Crippen LogP contribution >= 0.6 is 0 Å². The van der Waals surface area contributed by atoms with Crippen LogP contribution in [0.15, 0.2) is 42.0 Å². The molecule has 218 valence electrons. The molecule has 2 aromatic rings. The third-order valence-corrected chi connectivity index (χ3v) is 6.87. The van der Waals surface area contributed by atoms with E-state index in [-0.39, 0.29) is 11.3 Å². The van der Waals surface area contributed by atoms with E-state index >= 15 is 0 Å². The summed E-state index contributed by atoms with van der Waals surface area (Å²) in [5.74, 6) is 0.612. The molecule has 1 heterocycles. The minimum absolute atomic E-state index is 0.0568. The quantitative estimate of drug-likeness (QED) is 0.141. The number of Topliss-reactive ketones (excluding diaryl/α,β-unsaturated/α-hetero) is 1. The Labute approximate surface area is 238 Å². The maximum Gasteiger partial charge on any atom is 0.295 e. The molecule has 1 saturated heterocycles. The Hall–Kier alpha value is -3.52. The number of likely N-dealkylation sites (tertiary alicyclic amines) is 1. The average molecular weight is 553 g/mol. The number of hydrogen-bond donors (Lipinski definition) is 1. The van der Waals surface area contributed by atoms with Crippen LogP contribution in [-0.4, -0.2) is 74.1 Å². The lowest BCUT2D eigenvalue weighted by Crippen LogP contribution is -2.35. The van der Waals surface area contributed by atoms with E-state index in [2.05, 4.69) is 20.8 Å². The van der Waals surface area contributed by atoms with E-state index < -0.39 is 17.7 Å². The van der Waals surface area contributed by atoms with E-state index in [0.29, 0.717) is 60.6 Å². The number of rotatable bonds is 14. The summed E-state index contributed by atoms with van der Waals surface area (Å²) in [7, 11) is 5.38. The van der Waals surface area contributed by atoms with Gasteiger partial charge >= 0.3 is 0 Å². The third kappa shape index (κ3) is 7.36. The van der Waals surface area contributed by atoms with Crippen molar-refractivity contribution in [1.29, 1.82) is 0 Å². The standard InChI is InChI=1S/C32H44N2O6/c1-8-9-10-17-39-26-14-11-23(19-27(26)38-7)29-28(31(36)32(37)34(29)16-15-33(5)6)30(35)25-13-12-24(18-22(25)4)40-20-21(2)3/h11-14,18-19,21,29,35H,8-10,15-17,20H2,1-7H3. The lowest BCUT2D eigenvalue weighted by Gasteiger charge is -2.27. The van der Waals surface area contributed by atoms with Crippen molar-refractivity contribution in [3.63, 3.8) is 0 Å². The highest BCUT2D eigenvalue weighted by Crippen LogP contribution is 2.42. The van der Waals surface area contributed by atoms with Gasteiger partial charge in [-0.25, -0.2) is 0 Å². The van der Waals surface area contributed by atoms with E-state index in [4.69, 9.17) is 14.2 Å². The second-order valence-electron chi connectivity index (χ2n) is 10.9. The summed E-state index contributed by atoms with van der Waals surface area (Å²) >= 11 is 0. The number of aryl methyl sites for hydroxylation is 1. The van der Waals surface area contributed by atoms with Crippen molar-refractivity contribution in [3.05, 3.63) is 58.7 Å². The number of unbranched alkanes of at least 4 members (excludes halogenated alkanes) is 2. The number of aliphatic hydroxyl groups excluding tert-OH is 1. The van der Waals surface area contributed by atoms with Crippen molar-refractivity contribution in [1.82, 2.24) is 9.80 Å². The first-order chi connectivity index (χ1) is 19.1. The maximum atomic E-state index is 13.4. The molecular weight excluding hydrogens is 508 g/mol. The van der Waals surface area contributed by atoms with E-state index in [1.165, 1.54) is 4.90 Å². The molecule has 0 bridgehead atoms. The number of nitrogens with zero attached hydrogens (tertiary/aromatic N) is 2. The van der Waals surface area contributed by atoms with Crippen LogP contribution in [0.2, 0.25) is 0 Å². The summed E-state index contributed by atoms with van der Waals surface area (Å²) in [4.78, 5) is 30.2. The molecule has 1 amide bonds. The van der Waals surface area contributed by atoms with Gasteiger partial charge in [0.25, 0.3) is 11.7 Å². The molecule has 1 aliphatic rings. The summed E-state index contributed by atoms with van der Waals surface area (Å²) in [5, 5.41) is 11.5. The molecule has 0 spiro atoms. The lowest BCUT2D eigenvalue weighted by atomic mass is 9.93. The van der Waals surface area contributed by atoms with Crippen molar-refractivity contribution in [3.8, 4) is 17.2 Å². The Morgan fingerprint density at radius 1 is 1.05 bits per heavy atom. The first-order valence-corrected chi connectivity index (χ1v) is 14.1. The molecule has 1 fully saturated rings. The summed E-state index contributed by atoms with van der Waals surface area (Å²) < 4.78 is 17.4. The molecule has 3 rings (SSSR count). The number of ketones is 1. The molecule has 1 aliphatic heterocycles. The fourth-order valence-electron chi connectivity index (χ4n) is 4.67. The number of likely N-dealkylation sites (N-methyl/N-ethyl adjacent to an activating group) is 1. The lowest BCUT2D eigenvalue weighted by molar-refractivity contribution is -0.140. The first-order valence-electron chi connectivity index (χ1n) is 14.1. The summed E-state index contributed by atoms with van der Waals surface area (Å²) in [6.45, 7) is 10.1. The Morgan fingerprint density at radius 2 is 1.80 bits per heavy atom. The average Bonchev–Trinajstić information content (AvgIpc) is 3.17. The van der Waals surface area contributed by atoms with Gasteiger partial charge in [0.2, 0.25) is 0 Å². The van der Waals surface area contributed by atoms with Crippen molar-refractivity contribution in [2.75, 3.05) is 47.5 Å². The molecular formula is C32H44N2O6. The van der Waals surface area contributed by atoms with Crippen LogP contribution in [0.1, 0.15) is 62.8 Å². The highest BCUT2D eigenvalue weighted by Gasteiger charge is 2.46. The highest BCUT2D eigenvalue weighted by molar-refractivity contribution is 6.46. The largest absolute Gasteiger partial charge is 0.507 e. The molecule has 0 saturated carbocycles. The Morgan fingerprint density at radius 3 is 2.42 bits per heavy atom. The van der Waals surface area contributed by atoms with Crippen LogP contribution in [0.4, 0.5) is 0 Å². The van der Waals surface area contributed by atoms with Crippen LogP contribution in [0, 0.1) is 12.8 Å². The topological polar surface area (TPSA) is 88.5 Å². The van der Waals surface area contributed by atoms with Gasteiger partial charge in [-0.05, 0) is 74.8 Å². The van der Waals surface area contributed by atoms with Gasteiger partial charge in [0.1, 0.15) is 11.5 Å². The molecule has 0 radical (unpaired) electrons. The number of benzene rings is 2. The van der Waals surface area contributed by atoms with E-state index in [9.17, 15) is 14.7 Å². The van der Waals surface area contributed by atoms with E-state index in [1.807, 2.05) is 38.1 Å². The zero-order chi connectivity index (χ0) is 29.4. The number of hydrogen-bond acceptors (Lipinski definition) is 7. The Bertz CT molecular complexity index is 1220. The fraction of sp³-hybridized carbons (Fsp3) is 0.500. The first kappa shape index (κ1) is 31.0. The van der Waals surface area contributed by atoms with Gasteiger partial charge in [0.05, 0.1) is 31.9 Å². The molecule has 8 nitrogen and oxygen atoms in total. The van der Waals surface area contributed by atoms with Crippen molar-refractivity contribution in [2.45, 2.75) is 53.0 Å². The predicted molar refractivity (Wildman–Crippen MR) is 157 cm³/mol. The number of amides is 1. The normalized spacial score (nSPS) is 16.7. The molecule has 0 aliphatic carbocycles. The molecule has 1 N–H and O–H groups in total. The number of carbonyl (C=O) groups excluding carboxylic acids is 2. The Kier molecular flexibility index (Phi) is 11.0. The van der Waals surface area contributed by atoms with Crippen LogP contribution in [-0.2, 0) is 9.59 Å². The van der Waals surface area contributed by atoms with Gasteiger partial charge in [0, 0.05) is 18.7 Å². The zero-order valence-corrected chi connectivity index (χ0v) is 25.0. The van der Waals surface area contributed by atoms with Crippen molar-refractivity contribution < 1.29 is 28.9 Å². The van der Waals surface area contributed by atoms with Gasteiger partial charge < -0.3 is 29.1 Å². The molecule has 2 aromatic carbocycles. The Balaban J connectivity index is 2.07. The second-order valence-corrected chi connectivity index (χ2v) is 10.9. The van der Waals surface area contributed by atoms with Crippen LogP contribution in [0.25, 0.3) is 5.76 Å². The smallest absolute Gasteiger partial charge is 0.295 e. The van der Waals surface area contributed by atoms with Gasteiger partial charge in [-0.3, -0.25) is 9.59 Å². The summed E-state index contributed by atoms with van der Waals surface area (Å²) in [6, 6.07) is 9.99. The molecule has 40 heavy (non-hydrogen) atoms. The number of ether oxygens (including phenoxy) is 3. The fourth-order valence-corrected chi connectivity index (χ4v) is 4.67. The molecule has 0 aromatic heterocycles. The zero-order valence-electron chi connectivity index (χ0n) is 25.0. The summed E-state index contributed by atoms with van der Waals surface area (Å²) in [5.41, 5.74) is 1.94. The molecule has 1 atom stereocenters. The van der Waals surface area contributed by atoms with Gasteiger partial charge in [0.15, 0.2) is 11.5 Å². The number of carbonyl (C=O) groups is 2.